The van der Waals surface area contributed by atoms with E-state index in [1.54, 1.807) is 24.7 Å². The number of methoxy groups -OCH3 is 1. The average molecular weight is 372 g/mol. The molecular formula is C20H24N2O3S. The fourth-order valence-corrected chi connectivity index (χ4v) is 3.52. The highest BCUT2D eigenvalue weighted by Gasteiger charge is 2.18. The molecule has 3 aromatic rings. The van der Waals surface area contributed by atoms with Crippen LogP contribution in [0.15, 0.2) is 46.4 Å². The number of furan rings is 1. The van der Waals surface area contributed by atoms with E-state index >= 15 is 0 Å². The molecule has 0 bridgehead atoms. The minimum atomic E-state index is 0.110. The first-order chi connectivity index (χ1) is 12.6. The Morgan fingerprint density at radius 2 is 2.08 bits per heavy atom. The fraction of sp³-hybridized carbons (Fsp3) is 0.350. The van der Waals surface area contributed by atoms with Crippen LogP contribution in [0, 0.1) is 0 Å². The summed E-state index contributed by atoms with van der Waals surface area (Å²) in [7, 11) is 5.66. The number of ether oxygens (including phenoxy) is 1. The third-order valence-electron chi connectivity index (χ3n) is 4.30. The average Bonchev–Trinajstić information content (AvgIpc) is 3.28. The van der Waals surface area contributed by atoms with Gasteiger partial charge in [0, 0.05) is 35.0 Å². The van der Waals surface area contributed by atoms with Gasteiger partial charge in [0.2, 0.25) is 5.91 Å². The first kappa shape index (κ1) is 18.5. The van der Waals surface area contributed by atoms with Crippen molar-refractivity contribution < 1.29 is 13.9 Å². The molecule has 0 radical (unpaired) electrons. The van der Waals surface area contributed by atoms with Crippen LogP contribution in [-0.2, 0) is 17.8 Å². The molecule has 0 saturated carbocycles. The summed E-state index contributed by atoms with van der Waals surface area (Å²) in [4.78, 5) is 18.2. The van der Waals surface area contributed by atoms with Gasteiger partial charge in [0.25, 0.3) is 0 Å². The molecule has 0 atom stereocenters. The topological polar surface area (TPSA) is 45.9 Å². The Bertz CT molecular complexity index is 855. The van der Waals surface area contributed by atoms with E-state index in [1.165, 1.54) is 4.88 Å². The summed E-state index contributed by atoms with van der Waals surface area (Å²) in [6, 6.07) is 9.77. The third-order valence-corrected chi connectivity index (χ3v) is 5.16. The van der Waals surface area contributed by atoms with Crippen molar-refractivity contribution in [2.45, 2.75) is 13.0 Å². The minimum Gasteiger partial charge on any atom is -0.497 e. The highest BCUT2D eigenvalue weighted by molar-refractivity contribution is 7.09. The van der Waals surface area contributed by atoms with Gasteiger partial charge in [-0.2, -0.15) is 0 Å². The van der Waals surface area contributed by atoms with Gasteiger partial charge in [-0.25, -0.2) is 0 Å². The van der Waals surface area contributed by atoms with E-state index < -0.39 is 0 Å². The second kappa shape index (κ2) is 8.38. The molecule has 3 rings (SSSR count). The van der Waals surface area contributed by atoms with Gasteiger partial charge in [-0.3, -0.25) is 4.79 Å². The number of benzene rings is 1. The Balaban J connectivity index is 1.76. The lowest BCUT2D eigenvalue weighted by molar-refractivity contribution is -0.131. The first-order valence-electron chi connectivity index (χ1n) is 8.56. The number of likely N-dealkylation sites (N-methyl/N-ethyl adjacent to an activating group) is 1. The lowest BCUT2D eigenvalue weighted by atomic mass is 10.1. The normalized spacial score (nSPS) is 11.2. The summed E-state index contributed by atoms with van der Waals surface area (Å²) in [6.07, 6.45) is 2.01. The maximum absolute atomic E-state index is 13.0. The number of rotatable bonds is 8. The van der Waals surface area contributed by atoms with Crippen LogP contribution in [0.2, 0.25) is 0 Å². The highest BCUT2D eigenvalue weighted by Crippen LogP contribution is 2.26. The van der Waals surface area contributed by atoms with Gasteiger partial charge in [0.15, 0.2) is 0 Å². The van der Waals surface area contributed by atoms with Crippen LogP contribution < -0.4 is 4.74 Å². The monoisotopic (exact) mass is 372 g/mol. The minimum absolute atomic E-state index is 0.110. The Hall–Kier alpha value is -2.31. The Morgan fingerprint density at radius 3 is 2.77 bits per heavy atom. The summed E-state index contributed by atoms with van der Waals surface area (Å²) in [5.74, 6) is 0.855. The maximum atomic E-state index is 13.0. The molecule has 1 amide bonds. The number of carbonyl (C=O) groups excluding carboxylic acids is 1. The second-order valence-electron chi connectivity index (χ2n) is 6.50. The van der Waals surface area contributed by atoms with E-state index in [0.29, 0.717) is 19.5 Å². The number of carbonyl (C=O) groups is 1. The zero-order valence-corrected chi connectivity index (χ0v) is 16.2. The molecule has 2 aromatic heterocycles. The van der Waals surface area contributed by atoms with Gasteiger partial charge in [-0.1, -0.05) is 6.07 Å². The summed E-state index contributed by atoms with van der Waals surface area (Å²) < 4.78 is 10.8. The van der Waals surface area contributed by atoms with E-state index in [9.17, 15) is 4.79 Å². The molecule has 0 N–H and O–H groups in total. The van der Waals surface area contributed by atoms with Crippen LogP contribution in [0.4, 0.5) is 0 Å². The smallest absolute Gasteiger partial charge is 0.227 e. The predicted molar refractivity (Wildman–Crippen MR) is 105 cm³/mol. The van der Waals surface area contributed by atoms with Crippen LogP contribution >= 0.6 is 11.3 Å². The lowest BCUT2D eigenvalue weighted by Crippen LogP contribution is -2.36. The summed E-state index contributed by atoms with van der Waals surface area (Å²) in [5, 5.41) is 3.00. The molecule has 6 heteroatoms. The summed E-state index contributed by atoms with van der Waals surface area (Å²) >= 11 is 1.68. The molecular weight excluding hydrogens is 348 g/mol. The number of hydrogen-bond acceptors (Lipinski definition) is 5. The fourth-order valence-electron chi connectivity index (χ4n) is 2.81. The Morgan fingerprint density at radius 1 is 1.23 bits per heavy atom. The van der Waals surface area contributed by atoms with Crippen molar-refractivity contribution in [2.24, 2.45) is 0 Å². The highest BCUT2D eigenvalue weighted by atomic mass is 32.1. The van der Waals surface area contributed by atoms with Gasteiger partial charge in [-0.05, 0) is 37.7 Å². The molecule has 0 aliphatic carbocycles. The van der Waals surface area contributed by atoms with Crippen molar-refractivity contribution >= 4 is 28.2 Å². The van der Waals surface area contributed by atoms with Crippen molar-refractivity contribution in [3.05, 3.63) is 52.4 Å². The van der Waals surface area contributed by atoms with Crippen LogP contribution in [0.1, 0.15) is 10.4 Å². The number of amides is 1. The van der Waals surface area contributed by atoms with Crippen LogP contribution in [0.3, 0.4) is 0 Å². The zero-order chi connectivity index (χ0) is 18.5. The number of thiophene rings is 1. The Kier molecular flexibility index (Phi) is 5.96. The van der Waals surface area contributed by atoms with Crippen molar-refractivity contribution in [1.29, 1.82) is 0 Å². The number of nitrogens with zero attached hydrogens (tertiary/aromatic N) is 2. The molecule has 138 valence electrons. The van der Waals surface area contributed by atoms with Crippen molar-refractivity contribution in [2.75, 3.05) is 34.3 Å². The molecule has 5 nitrogen and oxygen atoms in total. The number of fused-ring (bicyclic) bond motifs is 1. The molecule has 0 unspecified atom stereocenters. The van der Waals surface area contributed by atoms with E-state index in [2.05, 4.69) is 11.0 Å². The largest absolute Gasteiger partial charge is 0.497 e. The van der Waals surface area contributed by atoms with Crippen molar-refractivity contribution in [3.8, 4) is 5.75 Å². The van der Waals surface area contributed by atoms with Crippen LogP contribution in [0.25, 0.3) is 11.0 Å². The van der Waals surface area contributed by atoms with Crippen LogP contribution in [0.5, 0.6) is 5.75 Å². The van der Waals surface area contributed by atoms with E-state index in [4.69, 9.17) is 9.15 Å². The van der Waals surface area contributed by atoms with Gasteiger partial charge in [-0.15, -0.1) is 11.3 Å². The standard InChI is InChI=1S/C20H24N2O3S/c1-21(2)8-9-22(13-17-5-4-10-26-17)20(23)11-15-14-25-19-12-16(24-3)6-7-18(15)19/h4-7,10,12,14H,8-9,11,13H2,1-3H3. The van der Waals surface area contributed by atoms with Crippen molar-refractivity contribution in [1.82, 2.24) is 9.80 Å². The maximum Gasteiger partial charge on any atom is 0.227 e. The lowest BCUT2D eigenvalue weighted by Gasteiger charge is -2.24. The van der Waals surface area contributed by atoms with Gasteiger partial charge in [0.05, 0.1) is 26.3 Å². The molecule has 2 heterocycles. The SMILES string of the molecule is COc1ccc2c(CC(=O)N(CCN(C)C)Cc3cccs3)coc2c1. The van der Waals surface area contributed by atoms with E-state index in [-0.39, 0.29) is 5.91 Å². The number of hydrogen-bond donors (Lipinski definition) is 0. The summed E-state index contributed by atoms with van der Waals surface area (Å²) in [5.41, 5.74) is 1.65. The molecule has 0 saturated heterocycles. The zero-order valence-electron chi connectivity index (χ0n) is 15.4. The van der Waals surface area contributed by atoms with Gasteiger partial charge >= 0.3 is 0 Å². The van der Waals surface area contributed by atoms with Gasteiger partial charge < -0.3 is 19.0 Å². The van der Waals surface area contributed by atoms with Crippen LogP contribution in [-0.4, -0.2) is 50.0 Å². The van der Waals surface area contributed by atoms with E-state index in [1.807, 2.05) is 48.6 Å². The Labute approximate surface area is 157 Å². The van der Waals surface area contributed by atoms with Crippen molar-refractivity contribution in [3.63, 3.8) is 0 Å². The third kappa shape index (κ3) is 4.45. The molecule has 0 spiro atoms. The quantitative estimate of drug-likeness (QED) is 0.606. The van der Waals surface area contributed by atoms with E-state index in [0.717, 1.165) is 28.8 Å². The predicted octanol–water partition coefficient (Wildman–Crippen LogP) is 3.64. The molecule has 0 aliphatic heterocycles. The van der Waals surface area contributed by atoms with Gasteiger partial charge in [0.1, 0.15) is 11.3 Å². The molecule has 26 heavy (non-hydrogen) atoms. The molecule has 0 aliphatic rings. The summed E-state index contributed by atoms with van der Waals surface area (Å²) in [6.45, 7) is 2.18. The molecule has 0 fully saturated rings. The molecule has 1 aromatic carbocycles. The first-order valence-corrected chi connectivity index (χ1v) is 9.44. The second-order valence-corrected chi connectivity index (χ2v) is 7.53.